The van der Waals surface area contributed by atoms with Crippen LogP contribution in [0.25, 0.3) is 0 Å². The highest BCUT2D eigenvalue weighted by molar-refractivity contribution is 5.98. The van der Waals surface area contributed by atoms with Crippen LogP contribution in [0.4, 0.5) is 11.4 Å². The summed E-state index contributed by atoms with van der Waals surface area (Å²) in [5.41, 5.74) is 3.36. The van der Waals surface area contributed by atoms with E-state index >= 15 is 0 Å². The van der Waals surface area contributed by atoms with E-state index in [1.54, 1.807) is 42.5 Å². The summed E-state index contributed by atoms with van der Waals surface area (Å²) in [6.07, 6.45) is 4.38. The van der Waals surface area contributed by atoms with Gasteiger partial charge >= 0.3 is 0 Å². The maximum absolute atomic E-state index is 12.9. The Hall–Kier alpha value is -4.13. The van der Waals surface area contributed by atoms with Crippen molar-refractivity contribution in [2.45, 2.75) is 32.2 Å². The maximum Gasteiger partial charge on any atom is 0.253 e. The van der Waals surface area contributed by atoms with E-state index < -0.39 is 0 Å². The molecule has 4 rings (SSSR count). The Morgan fingerprint density at radius 3 is 2.14 bits per heavy atom. The first kappa shape index (κ1) is 25.0. The summed E-state index contributed by atoms with van der Waals surface area (Å²) in [6.45, 7) is 2.03. The third-order valence-electron chi connectivity index (χ3n) is 6.16. The van der Waals surface area contributed by atoms with E-state index in [-0.39, 0.29) is 24.3 Å². The second kappa shape index (κ2) is 12.5. The minimum absolute atomic E-state index is 0.00785. The van der Waals surface area contributed by atoms with Crippen LogP contribution in [0, 0.1) is 0 Å². The summed E-state index contributed by atoms with van der Waals surface area (Å²) in [5, 5.41) is 8.81. The molecule has 0 bridgehead atoms. The van der Waals surface area contributed by atoms with Crippen LogP contribution in [0.2, 0.25) is 0 Å². The standard InChI is InChI=1S/C29H32N4O3/c34-27(32-26-15-9-13-24(19-26)29(36)33-16-6-1-2-7-17-33)21-30-25-14-8-12-23(18-25)28(35)31-20-22-10-4-3-5-11-22/h3-5,8-15,18-19,30H,1-2,6-7,16-17,20-21H2,(H,31,35)(H,32,34). The smallest absolute Gasteiger partial charge is 0.253 e. The molecule has 3 aromatic carbocycles. The van der Waals surface area contributed by atoms with Gasteiger partial charge in [-0.3, -0.25) is 14.4 Å². The SMILES string of the molecule is O=C(CNc1cccc(C(=O)NCc2ccccc2)c1)Nc1cccc(C(=O)N2CCCCCC2)c1. The van der Waals surface area contributed by atoms with Crippen LogP contribution in [0.15, 0.2) is 78.9 Å². The van der Waals surface area contributed by atoms with E-state index in [1.165, 1.54) is 0 Å². The number of carbonyl (C=O) groups is 3. The van der Waals surface area contributed by atoms with Gasteiger partial charge in [0.2, 0.25) is 5.91 Å². The van der Waals surface area contributed by atoms with Gasteiger partial charge in [-0.2, -0.15) is 0 Å². The number of hydrogen-bond acceptors (Lipinski definition) is 4. The van der Waals surface area contributed by atoms with Crippen molar-refractivity contribution in [3.8, 4) is 0 Å². The molecule has 3 aromatic rings. The molecule has 0 aliphatic carbocycles. The quantitative estimate of drug-likeness (QED) is 0.433. The van der Waals surface area contributed by atoms with Crippen molar-refractivity contribution in [2.24, 2.45) is 0 Å². The third-order valence-corrected chi connectivity index (χ3v) is 6.16. The van der Waals surface area contributed by atoms with Crippen molar-refractivity contribution in [2.75, 3.05) is 30.3 Å². The summed E-state index contributed by atoms with van der Waals surface area (Å²) < 4.78 is 0. The molecule has 0 atom stereocenters. The van der Waals surface area contributed by atoms with E-state index in [9.17, 15) is 14.4 Å². The Morgan fingerprint density at radius 1 is 0.722 bits per heavy atom. The van der Waals surface area contributed by atoms with E-state index in [0.29, 0.717) is 29.0 Å². The molecular weight excluding hydrogens is 452 g/mol. The van der Waals surface area contributed by atoms with Crippen LogP contribution < -0.4 is 16.0 Å². The van der Waals surface area contributed by atoms with Crippen molar-refractivity contribution < 1.29 is 14.4 Å². The summed E-state index contributed by atoms with van der Waals surface area (Å²) >= 11 is 0. The second-order valence-corrected chi connectivity index (χ2v) is 8.94. The molecule has 186 valence electrons. The molecule has 3 N–H and O–H groups in total. The highest BCUT2D eigenvalue weighted by Crippen LogP contribution is 2.17. The van der Waals surface area contributed by atoms with Gasteiger partial charge in [-0.1, -0.05) is 55.3 Å². The minimum atomic E-state index is -0.242. The lowest BCUT2D eigenvalue weighted by atomic mass is 10.1. The number of nitrogens with zero attached hydrogens (tertiary/aromatic N) is 1. The molecule has 3 amide bonds. The molecule has 7 heteroatoms. The van der Waals surface area contributed by atoms with Crippen molar-refractivity contribution in [3.63, 3.8) is 0 Å². The van der Waals surface area contributed by atoms with E-state index in [2.05, 4.69) is 16.0 Å². The number of amides is 3. The molecule has 0 unspecified atom stereocenters. The molecule has 0 spiro atoms. The number of benzene rings is 3. The largest absolute Gasteiger partial charge is 0.376 e. The van der Waals surface area contributed by atoms with Crippen LogP contribution in [0.3, 0.4) is 0 Å². The van der Waals surface area contributed by atoms with Crippen LogP contribution in [0.5, 0.6) is 0 Å². The van der Waals surface area contributed by atoms with Gasteiger partial charge in [0.05, 0.1) is 6.54 Å². The molecule has 0 saturated carbocycles. The fourth-order valence-corrected chi connectivity index (χ4v) is 4.22. The number of carbonyl (C=O) groups excluding carboxylic acids is 3. The number of rotatable bonds is 8. The number of hydrogen-bond donors (Lipinski definition) is 3. The molecule has 0 aromatic heterocycles. The van der Waals surface area contributed by atoms with E-state index in [0.717, 1.165) is 44.3 Å². The molecule has 0 radical (unpaired) electrons. The van der Waals surface area contributed by atoms with Gasteiger partial charge in [0.1, 0.15) is 0 Å². The summed E-state index contributed by atoms with van der Waals surface area (Å²) in [7, 11) is 0. The predicted octanol–water partition coefficient (Wildman–Crippen LogP) is 4.68. The average Bonchev–Trinajstić information content (AvgIpc) is 3.21. The van der Waals surface area contributed by atoms with E-state index in [1.807, 2.05) is 41.3 Å². The number of anilines is 2. The Bertz CT molecular complexity index is 1190. The maximum atomic E-state index is 12.9. The van der Waals surface area contributed by atoms with Gasteiger partial charge < -0.3 is 20.9 Å². The molecule has 1 saturated heterocycles. The topological polar surface area (TPSA) is 90.5 Å². The summed E-state index contributed by atoms with van der Waals surface area (Å²) in [5.74, 6) is -0.417. The third kappa shape index (κ3) is 7.18. The fourth-order valence-electron chi connectivity index (χ4n) is 4.22. The average molecular weight is 485 g/mol. The second-order valence-electron chi connectivity index (χ2n) is 8.94. The lowest BCUT2D eigenvalue weighted by Crippen LogP contribution is -2.31. The zero-order valence-electron chi connectivity index (χ0n) is 20.3. The highest BCUT2D eigenvalue weighted by Gasteiger charge is 2.17. The Labute approximate surface area is 211 Å². The molecule has 1 heterocycles. The first-order valence-corrected chi connectivity index (χ1v) is 12.4. The van der Waals surface area contributed by atoms with Crippen LogP contribution in [-0.4, -0.2) is 42.3 Å². The normalized spacial score (nSPS) is 13.4. The molecular formula is C29H32N4O3. The monoisotopic (exact) mass is 484 g/mol. The minimum Gasteiger partial charge on any atom is -0.376 e. The lowest BCUT2D eigenvalue weighted by molar-refractivity contribution is -0.114. The van der Waals surface area contributed by atoms with Crippen molar-refractivity contribution in [1.29, 1.82) is 0 Å². The summed E-state index contributed by atoms with van der Waals surface area (Å²) in [4.78, 5) is 39.8. The zero-order chi connectivity index (χ0) is 25.2. The molecule has 1 aliphatic rings. The number of likely N-dealkylation sites (tertiary alicyclic amines) is 1. The first-order valence-electron chi connectivity index (χ1n) is 12.4. The van der Waals surface area contributed by atoms with Gasteiger partial charge in [0.15, 0.2) is 0 Å². The van der Waals surface area contributed by atoms with Gasteiger partial charge in [-0.05, 0) is 54.8 Å². The molecule has 1 aliphatic heterocycles. The van der Waals surface area contributed by atoms with Crippen LogP contribution >= 0.6 is 0 Å². The van der Waals surface area contributed by atoms with Crippen LogP contribution in [-0.2, 0) is 11.3 Å². The summed E-state index contributed by atoms with van der Waals surface area (Å²) in [6, 6.07) is 23.8. The van der Waals surface area contributed by atoms with Crippen LogP contribution in [0.1, 0.15) is 52.0 Å². The molecule has 36 heavy (non-hydrogen) atoms. The fraction of sp³-hybridized carbons (Fsp3) is 0.276. The highest BCUT2D eigenvalue weighted by atomic mass is 16.2. The van der Waals surface area contributed by atoms with E-state index in [4.69, 9.17) is 0 Å². The lowest BCUT2D eigenvalue weighted by Gasteiger charge is -2.20. The van der Waals surface area contributed by atoms with Crippen molar-refractivity contribution >= 4 is 29.1 Å². The Balaban J connectivity index is 1.29. The van der Waals surface area contributed by atoms with Gasteiger partial charge in [0, 0.05) is 42.1 Å². The molecule has 7 nitrogen and oxygen atoms in total. The Kier molecular flexibility index (Phi) is 8.70. The molecule has 1 fully saturated rings. The van der Waals surface area contributed by atoms with Gasteiger partial charge in [-0.25, -0.2) is 0 Å². The predicted molar refractivity (Wildman–Crippen MR) is 142 cm³/mol. The zero-order valence-corrected chi connectivity index (χ0v) is 20.3. The van der Waals surface area contributed by atoms with Gasteiger partial charge in [0.25, 0.3) is 11.8 Å². The van der Waals surface area contributed by atoms with Crippen molar-refractivity contribution in [3.05, 3.63) is 95.6 Å². The first-order chi connectivity index (χ1) is 17.6. The van der Waals surface area contributed by atoms with Crippen molar-refractivity contribution in [1.82, 2.24) is 10.2 Å². The Morgan fingerprint density at radius 2 is 1.39 bits per heavy atom. The number of nitrogens with one attached hydrogen (secondary N) is 3. The van der Waals surface area contributed by atoms with Gasteiger partial charge in [-0.15, -0.1) is 0 Å².